The number of benzene rings is 1. The van der Waals surface area contributed by atoms with E-state index in [1.165, 1.54) is 19.3 Å². The Kier molecular flexibility index (Phi) is 3.51. The van der Waals surface area contributed by atoms with Crippen LogP contribution in [0.3, 0.4) is 0 Å². The molecule has 2 aliphatic rings. The average Bonchev–Trinajstić information content (AvgIpc) is 2.40. The zero-order valence-electron chi connectivity index (χ0n) is 12.7. The van der Waals surface area contributed by atoms with Crippen molar-refractivity contribution in [2.75, 3.05) is 14.2 Å². The number of aliphatic hydroxyl groups is 1. The quantitative estimate of drug-likeness (QED) is 0.901. The number of ether oxygens (including phenoxy) is 1. The van der Waals surface area contributed by atoms with Crippen molar-refractivity contribution in [2.45, 2.75) is 56.7 Å². The molecule has 1 N–H and O–H groups in total. The van der Waals surface area contributed by atoms with Crippen LogP contribution < -0.4 is 4.74 Å². The minimum atomic E-state index is -0.693. The predicted molar refractivity (Wildman–Crippen MR) is 80.1 cm³/mol. The van der Waals surface area contributed by atoms with Gasteiger partial charge < -0.3 is 14.7 Å². The Bertz CT molecular complexity index is 486. The highest BCUT2D eigenvalue weighted by Crippen LogP contribution is 2.44. The summed E-state index contributed by atoms with van der Waals surface area (Å²) < 4.78 is 5.37. The molecule has 2 fully saturated rings. The van der Waals surface area contributed by atoms with E-state index in [9.17, 15) is 5.11 Å². The number of hydrogen-bond donors (Lipinski definition) is 1. The third kappa shape index (κ3) is 2.33. The number of piperidine rings is 2. The van der Waals surface area contributed by atoms with Gasteiger partial charge in [0.1, 0.15) is 5.75 Å². The lowest BCUT2D eigenvalue weighted by atomic mass is 9.72. The maximum Gasteiger partial charge on any atom is 0.119 e. The summed E-state index contributed by atoms with van der Waals surface area (Å²) in [5.74, 6) is 0.845. The monoisotopic (exact) mass is 275 g/mol. The zero-order valence-corrected chi connectivity index (χ0v) is 12.7. The third-order valence-corrected chi connectivity index (χ3v) is 5.20. The maximum atomic E-state index is 11.2. The number of methoxy groups -OCH3 is 1. The fourth-order valence-electron chi connectivity index (χ4n) is 4.02. The molecule has 0 radical (unpaired) electrons. The van der Waals surface area contributed by atoms with Crippen molar-refractivity contribution >= 4 is 0 Å². The number of aryl methyl sites for hydroxylation is 1. The van der Waals surface area contributed by atoms with Crippen molar-refractivity contribution in [3.63, 3.8) is 0 Å². The second-order valence-electron chi connectivity index (χ2n) is 6.58. The number of rotatable bonds is 2. The third-order valence-electron chi connectivity index (χ3n) is 5.20. The van der Waals surface area contributed by atoms with Crippen LogP contribution in [0.5, 0.6) is 5.75 Å². The summed E-state index contributed by atoms with van der Waals surface area (Å²) in [4.78, 5) is 2.48. The van der Waals surface area contributed by atoms with Crippen LogP contribution in [0, 0.1) is 6.92 Å². The fourth-order valence-corrected chi connectivity index (χ4v) is 4.02. The molecule has 2 aliphatic heterocycles. The van der Waals surface area contributed by atoms with Crippen molar-refractivity contribution in [3.8, 4) is 5.75 Å². The van der Waals surface area contributed by atoms with Crippen LogP contribution >= 0.6 is 0 Å². The highest BCUT2D eigenvalue weighted by Gasteiger charge is 2.45. The molecule has 2 bridgehead atoms. The lowest BCUT2D eigenvalue weighted by Crippen LogP contribution is -2.55. The van der Waals surface area contributed by atoms with Gasteiger partial charge in [-0.1, -0.05) is 12.5 Å². The molecule has 1 aromatic carbocycles. The summed E-state index contributed by atoms with van der Waals surface area (Å²) in [6.45, 7) is 2.06. The molecule has 2 atom stereocenters. The Balaban J connectivity index is 1.94. The largest absolute Gasteiger partial charge is 0.497 e. The predicted octanol–water partition coefficient (Wildman–Crippen LogP) is 2.84. The van der Waals surface area contributed by atoms with Gasteiger partial charge in [-0.05, 0) is 62.9 Å². The van der Waals surface area contributed by atoms with E-state index in [0.29, 0.717) is 12.1 Å². The van der Waals surface area contributed by atoms with Crippen LogP contribution in [0.4, 0.5) is 0 Å². The van der Waals surface area contributed by atoms with Gasteiger partial charge in [0.15, 0.2) is 0 Å². The molecule has 2 unspecified atom stereocenters. The van der Waals surface area contributed by atoms with Gasteiger partial charge >= 0.3 is 0 Å². The Morgan fingerprint density at radius 1 is 1.20 bits per heavy atom. The molecule has 0 aliphatic carbocycles. The molecular weight excluding hydrogens is 250 g/mol. The van der Waals surface area contributed by atoms with Crippen LogP contribution in [-0.4, -0.2) is 36.2 Å². The number of fused-ring (bicyclic) bond motifs is 2. The van der Waals surface area contributed by atoms with Crippen LogP contribution in [0.2, 0.25) is 0 Å². The van der Waals surface area contributed by atoms with Gasteiger partial charge in [-0.3, -0.25) is 0 Å². The fraction of sp³-hybridized carbons (Fsp3) is 0.647. The summed E-state index contributed by atoms with van der Waals surface area (Å²) in [7, 11) is 3.90. The van der Waals surface area contributed by atoms with E-state index in [-0.39, 0.29) is 0 Å². The molecule has 0 aromatic heterocycles. The van der Waals surface area contributed by atoms with E-state index in [1.807, 2.05) is 12.1 Å². The van der Waals surface area contributed by atoms with E-state index < -0.39 is 5.60 Å². The first-order valence-corrected chi connectivity index (χ1v) is 7.62. The number of nitrogens with zero attached hydrogens (tertiary/aromatic N) is 1. The van der Waals surface area contributed by atoms with Crippen LogP contribution in [-0.2, 0) is 5.60 Å². The molecule has 3 rings (SSSR count). The highest BCUT2D eigenvalue weighted by molar-refractivity contribution is 5.37. The Morgan fingerprint density at radius 2 is 1.85 bits per heavy atom. The van der Waals surface area contributed by atoms with E-state index in [1.54, 1.807) is 7.11 Å². The van der Waals surface area contributed by atoms with Gasteiger partial charge in [0, 0.05) is 12.1 Å². The lowest BCUT2D eigenvalue weighted by molar-refractivity contribution is -0.0875. The highest BCUT2D eigenvalue weighted by atomic mass is 16.5. The Hall–Kier alpha value is -1.06. The summed E-state index contributed by atoms with van der Waals surface area (Å²) >= 11 is 0. The van der Waals surface area contributed by atoms with Crippen molar-refractivity contribution in [1.82, 2.24) is 4.90 Å². The van der Waals surface area contributed by atoms with Gasteiger partial charge in [-0.25, -0.2) is 0 Å². The molecule has 110 valence electrons. The van der Waals surface area contributed by atoms with Gasteiger partial charge in [-0.2, -0.15) is 0 Å². The van der Waals surface area contributed by atoms with Crippen molar-refractivity contribution in [1.29, 1.82) is 0 Å². The molecule has 0 amide bonds. The zero-order chi connectivity index (χ0) is 14.3. The summed E-state index contributed by atoms with van der Waals surface area (Å²) in [5.41, 5.74) is 1.48. The second-order valence-corrected chi connectivity index (χ2v) is 6.58. The summed E-state index contributed by atoms with van der Waals surface area (Å²) in [6.07, 6.45) is 5.39. The molecule has 0 saturated carbocycles. The normalized spacial score (nSPS) is 34.0. The standard InChI is InChI=1S/C17H25NO2/c1-12-7-13(9-16(8-12)20-3)17(19)10-14-5-4-6-15(11-17)18(14)2/h7-9,14-15,19H,4-6,10-11H2,1-3H3. The van der Waals surface area contributed by atoms with Crippen molar-refractivity contribution in [2.24, 2.45) is 0 Å². The molecule has 0 spiro atoms. The Morgan fingerprint density at radius 3 is 2.45 bits per heavy atom. The average molecular weight is 275 g/mol. The van der Waals surface area contributed by atoms with Crippen molar-refractivity contribution < 1.29 is 9.84 Å². The first-order valence-electron chi connectivity index (χ1n) is 7.62. The summed E-state index contributed by atoms with van der Waals surface area (Å²) in [6, 6.07) is 7.17. The molecular formula is C17H25NO2. The molecule has 1 aromatic rings. The van der Waals surface area contributed by atoms with Gasteiger partial charge in [0.25, 0.3) is 0 Å². The Labute approximate surface area is 121 Å². The van der Waals surface area contributed by atoms with Crippen molar-refractivity contribution in [3.05, 3.63) is 29.3 Å². The van der Waals surface area contributed by atoms with Crippen LogP contribution in [0.25, 0.3) is 0 Å². The van der Waals surface area contributed by atoms with Gasteiger partial charge in [-0.15, -0.1) is 0 Å². The SMILES string of the molecule is COc1cc(C)cc(C2(O)CC3CCCC(C2)N3C)c1. The molecule has 20 heavy (non-hydrogen) atoms. The van der Waals surface area contributed by atoms with E-state index in [0.717, 1.165) is 29.7 Å². The van der Waals surface area contributed by atoms with Crippen LogP contribution in [0.1, 0.15) is 43.2 Å². The first kappa shape index (κ1) is 13.9. The molecule has 3 heteroatoms. The topological polar surface area (TPSA) is 32.7 Å². The molecule has 2 heterocycles. The minimum Gasteiger partial charge on any atom is -0.497 e. The van der Waals surface area contributed by atoms with E-state index in [4.69, 9.17) is 4.74 Å². The maximum absolute atomic E-state index is 11.2. The molecule has 2 saturated heterocycles. The van der Waals surface area contributed by atoms with Gasteiger partial charge in [0.05, 0.1) is 12.7 Å². The van der Waals surface area contributed by atoms with E-state index >= 15 is 0 Å². The number of hydrogen-bond acceptors (Lipinski definition) is 3. The van der Waals surface area contributed by atoms with E-state index in [2.05, 4.69) is 24.9 Å². The second kappa shape index (κ2) is 5.05. The van der Waals surface area contributed by atoms with Gasteiger partial charge in [0.2, 0.25) is 0 Å². The summed E-state index contributed by atoms with van der Waals surface area (Å²) in [5, 5.41) is 11.2. The smallest absolute Gasteiger partial charge is 0.119 e. The minimum absolute atomic E-state index is 0.513. The lowest BCUT2D eigenvalue weighted by Gasteiger charge is -2.50. The van der Waals surface area contributed by atoms with Crippen LogP contribution in [0.15, 0.2) is 18.2 Å². The first-order chi connectivity index (χ1) is 9.51. The molecule has 3 nitrogen and oxygen atoms in total.